The fourth-order valence-corrected chi connectivity index (χ4v) is 3.03. The number of anilines is 2. The third-order valence-electron chi connectivity index (χ3n) is 4.09. The second kappa shape index (κ2) is 9.41. The van der Waals surface area contributed by atoms with Crippen molar-refractivity contribution >= 4 is 52.5 Å². The van der Waals surface area contributed by atoms with Gasteiger partial charge < -0.3 is 10.6 Å². The average Bonchev–Trinajstić information content (AvgIpc) is 2.69. The molecule has 0 aliphatic rings. The molecule has 0 spiro atoms. The van der Waals surface area contributed by atoms with Crippen molar-refractivity contribution in [2.24, 2.45) is 0 Å². The van der Waals surface area contributed by atoms with Gasteiger partial charge in [-0.3, -0.25) is 9.59 Å². The van der Waals surface area contributed by atoms with Gasteiger partial charge in [-0.2, -0.15) is 0 Å². The van der Waals surface area contributed by atoms with Gasteiger partial charge in [-0.1, -0.05) is 77.3 Å². The number of halogens is 2. The number of carbonyl (C=O) groups is 2. The molecule has 0 bridgehead atoms. The zero-order valence-electron chi connectivity index (χ0n) is 15.6. The second-order valence-corrected chi connectivity index (χ2v) is 7.15. The fourth-order valence-electron chi connectivity index (χ4n) is 2.67. The van der Waals surface area contributed by atoms with Gasteiger partial charge >= 0.3 is 0 Å². The van der Waals surface area contributed by atoms with Crippen molar-refractivity contribution in [3.05, 3.63) is 99.5 Å². The van der Waals surface area contributed by atoms with E-state index in [2.05, 4.69) is 10.6 Å². The summed E-state index contributed by atoms with van der Waals surface area (Å²) in [6.07, 6.45) is 1.53. The molecule has 0 aliphatic carbocycles. The minimum atomic E-state index is -0.579. The normalized spacial score (nSPS) is 10.2. The maximum atomic E-state index is 12.9. The van der Waals surface area contributed by atoms with Gasteiger partial charge in [-0.05, 0) is 42.8 Å². The molecular weight excluding hydrogens is 407 g/mol. The van der Waals surface area contributed by atoms with Gasteiger partial charge in [0, 0.05) is 0 Å². The van der Waals surface area contributed by atoms with Crippen molar-refractivity contribution in [1.29, 1.82) is 0 Å². The van der Waals surface area contributed by atoms with Crippen LogP contribution in [0.15, 0.2) is 78.4 Å². The van der Waals surface area contributed by atoms with Gasteiger partial charge in [0.1, 0.15) is 5.57 Å². The summed E-state index contributed by atoms with van der Waals surface area (Å²) in [5, 5.41) is 6.14. The molecule has 0 aliphatic heterocycles. The molecule has 0 saturated carbocycles. The van der Waals surface area contributed by atoms with Gasteiger partial charge in [0.05, 0.1) is 21.4 Å². The monoisotopic (exact) mass is 424 g/mol. The molecule has 0 fully saturated rings. The highest BCUT2D eigenvalue weighted by Crippen LogP contribution is 2.24. The molecule has 6 heteroatoms. The van der Waals surface area contributed by atoms with Gasteiger partial charge in [0.2, 0.25) is 0 Å². The molecule has 0 unspecified atom stereocenters. The number of amides is 2. The van der Waals surface area contributed by atoms with Crippen molar-refractivity contribution in [3.8, 4) is 0 Å². The van der Waals surface area contributed by atoms with Gasteiger partial charge in [-0.15, -0.1) is 0 Å². The van der Waals surface area contributed by atoms with Crippen LogP contribution in [-0.4, -0.2) is 11.8 Å². The Labute approximate surface area is 179 Å². The molecule has 0 radical (unpaired) electrons. The van der Waals surface area contributed by atoms with E-state index in [1.54, 1.807) is 48.5 Å². The quantitative estimate of drug-likeness (QED) is 0.301. The first-order valence-electron chi connectivity index (χ1n) is 8.84. The first-order chi connectivity index (χ1) is 13.9. The molecule has 3 rings (SSSR count). The first-order valence-corrected chi connectivity index (χ1v) is 9.60. The lowest BCUT2D eigenvalue weighted by molar-refractivity contribution is -0.118. The van der Waals surface area contributed by atoms with Crippen molar-refractivity contribution in [3.63, 3.8) is 0 Å². The Balaban J connectivity index is 1.95. The molecule has 0 aromatic heterocycles. The van der Waals surface area contributed by atoms with Crippen molar-refractivity contribution in [2.45, 2.75) is 6.92 Å². The number of hydrogen-bond donors (Lipinski definition) is 2. The predicted octanol–water partition coefficient (Wildman–Crippen LogP) is 5.96. The van der Waals surface area contributed by atoms with E-state index in [0.29, 0.717) is 21.4 Å². The van der Waals surface area contributed by atoms with E-state index < -0.39 is 11.8 Å². The lowest BCUT2D eigenvalue weighted by atomic mass is 10.1. The van der Waals surface area contributed by atoms with Crippen molar-refractivity contribution in [1.82, 2.24) is 0 Å². The molecular formula is C23H18Cl2N2O2. The summed E-state index contributed by atoms with van der Waals surface area (Å²) >= 11 is 12.3. The SMILES string of the molecule is Cc1cccc(C=C(C(=O)Nc2ccccc2Cl)C(=O)Nc2ccccc2Cl)c1. The number of aryl methyl sites for hydroxylation is 1. The van der Waals surface area contributed by atoms with Crippen LogP contribution in [0.4, 0.5) is 11.4 Å². The van der Waals surface area contributed by atoms with E-state index in [1.165, 1.54) is 6.08 Å². The van der Waals surface area contributed by atoms with E-state index in [-0.39, 0.29) is 5.57 Å². The predicted molar refractivity (Wildman–Crippen MR) is 119 cm³/mol. The van der Waals surface area contributed by atoms with Gasteiger partial charge in [0.15, 0.2) is 0 Å². The lowest BCUT2D eigenvalue weighted by Crippen LogP contribution is -2.25. The minimum Gasteiger partial charge on any atom is -0.320 e. The van der Waals surface area contributed by atoms with E-state index in [4.69, 9.17) is 23.2 Å². The molecule has 2 amide bonds. The van der Waals surface area contributed by atoms with E-state index in [0.717, 1.165) is 11.1 Å². The number of rotatable bonds is 5. The van der Waals surface area contributed by atoms with Gasteiger partial charge in [0.25, 0.3) is 11.8 Å². The molecule has 3 aromatic carbocycles. The number of nitrogens with one attached hydrogen (secondary N) is 2. The van der Waals surface area contributed by atoms with E-state index in [1.807, 2.05) is 31.2 Å². The Kier molecular flexibility index (Phi) is 6.70. The van der Waals surface area contributed by atoms with E-state index in [9.17, 15) is 9.59 Å². The lowest BCUT2D eigenvalue weighted by Gasteiger charge is -2.12. The molecule has 3 aromatic rings. The summed E-state index contributed by atoms with van der Waals surface area (Å²) in [6.45, 7) is 1.94. The zero-order valence-corrected chi connectivity index (χ0v) is 17.1. The largest absolute Gasteiger partial charge is 0.320 e. The molecule has 2 N–H and O–H groups in total. The van der Waals surface area contributed by atoms with E-state index >= 15 is 0 Å². The second-order valence-electron chi connectivity index (χ2n) is 6.34. The summed E-state index contributed by atoms with van der Waals surface area (Å²) < 4.78 is 0. The maximum absolute atomic E-state index is 12.9. The van der Waals surface area contributed by atoms with Crippen LogP contribution in [0.25, 0.3) is 6.08 Å². The molecule has 0 heterocycles. The van der Waals surface area contributed by atoms with Crippen LogP contribution in [0, 0.1) is 6.92 Å². The summed E-state index contributed by atoms with van der Waals surface area (Å²) in [5.41, 5.74) is 2.50. The standard InChI is InChI=1S/C23H18Cl2N2O2/c1-15-7-6-8-16(13-15)14-17(22(28)26-20-11-4-2-9-18(20)24)23(29)27-21-12-5-3-10-19(21)25/h2-14H,1H3,(H,26,28)(H,27,29). The summed E-state index contributed by atoms with van der Waals surface area (Å²) in [7, 11) is 0. The van der Waals surface area contributed by atoms with Gasteiger partial charge in [-0.25, -0.2) is 0 Å². The number of benzene rings is 3. The smallest absolute Gasteiger partial charge is 0.261 e. The molecule has 4 nitrogen and oxygen atoms in total. The molecule has 146 valence electrons. The van der Waals surface area contributed by atoms with Crippen LogP contribution in [0.2, 0.25) is 10.0 Å². The van der Waals surface area contributed by atoms with Crippen LogP contribution in [0.1, 0.15) is 11.1 Å². The molecule has 29 heavy (non-hydrogen) atoms. The average molecular weight is 425 g/mol. The third kappa shape index (κ3) is 5.47. The van der Waals surface area contributed by atoms with Crippen LogP contribution in [0.5, 0.6) is 0 Å². The molecule has 0 atom stereocenters. The first kappa shape index (κ1) is 20.6. The Hall–Kier alpha value is -3.08. The Bertz CT molecular complexity index is 1030. The number of carbonyl (C=O) groups excluding carboxylic acids is 2. The topological polar surface area (TPSA) is 58.2 Å². The van der Waals surface area contributed by atoms with Crippen LogP contribution in [0.3, 0.4) is 0 Å². The molecule has 0 saturated heterocycles. The summed E-state index contributed by atoms with van der Waals surface area (Å²) in [5.74, 6) is -1.16. The van der Waals surface area contributed by atoms with Crippen molar-refractivity contribution in [2.75, 3.05) is 10.6 Å². The van der Waals surface area contributed by atoms with Crippen molar-refractivity contribution < 1.29 is 9.59 Å². The highest BCUT2D eigenvalue weighted by molar-refractivity contribution is 6.36. The van der Waals surface area contributed by atoms with Crippen LogP contribution >= 0.6 is 23.2 Å². The Morgan fingerprint density at radius 1 is 0.759 bits per heavy atom. The fraction of sp³-hybridized carbons (Fsp3) is 0.0435. The number of para-hydroxylation sites is 2. The summed E-state index contributed by atoms with van der Waals surface area (Å²) in [6, 6.07) is 21.1. The third-order valence-corrected chi connectivity index (χ3v) is 4.75. The highest BCUT2D eigenvalue weighted by atomic mass is 35.5. The van der Waals surface area contributed by atoms with Crippen LogP contribution < -0.4 is 10.6 Å². The Morgan fingerprint density at radius 3 is 1.76 bits per heavy atom. The Morgan fingerprint density at radius 2 is 1.28 bits per heavy atom. The minimum absolute atomic E-state index is 0.0737. The maximum Gasteiger partial charge on any atom is 0.261 e. The summed E-state index contributed by atoms with van der Waals surface area (Å²) in [4.78, 5) is 25.9. The highest BCUT2D eigenvalue weighted by Gasteiger charge is 2.20. The van der Waals surface area contributed by atoms with Crippen LogP contribution in [-0.2, 0) is 9.59 Å². The number of hydrogen-bond acceptors (Lipinski definition) is 2. The zero-order chi connectivity index (χ0) is 20.8.